The molecule has 0 aliphatic carbocycles. The molecule has 0 bridgehead atoms. The number of benzene rings is 1. The van der Waals surface area contributed by atoms with Crippen LogP contribution in [0.3, 0.4) is 0 Å². The molecule has 0 atom stereocenters. The normalized spacial score (nSPS) is 15.0. The van der Waals surface area contributed by atoms with Crippen molar-refractivity contribution in [2.45, 2.75) is 32.6 Å². The van der Waals surface area contributed by atoms with Gasteiger partial charge in [0.15, 0.2) is 5.96 Å². The van der Waals surface area contributed by atoms with E-state index < -0.39 is 0 Å². The van der Waals surface area contributed by atoms with Crippen LogP contribution in [0.4, 0.5) is 0 Å². The minimum absolute atomic E-state index is 0. The number of guanidine groups is 1. The molecule has 30 heavy (non-hydrogen) atoms. The molecule has 1 aliphatic rings. The summed E-state index contributed by atoms with van der Waals surface area (Å²) in [7, 11) is 2.09. The molecule has 1 N–H and O–H groups in total. The standard InChI is InChI=1S/C21H30ClN5O2.HI/c1-3-23-21(27(2)12-8-16-9-13-28-14-10-16)24-11-7-19-25-20(26-29-19)17-5-4-6-18(22)15-17;/h4-6,15-16H,3,7-14H2,1-2H3,(H,23,24);1H. The molecule has 2 heterocycles. The molecule has 1 aromatic carbocycles. The number of halogens is 2. The Hall–Kier alpha value is -1.39. The third kappa shape index (κ3) is 7.70. The molecule has 9 heteroatoms. The van der Waals surface area contributed by atoms with E-state index in [-0.39, 0.29) is 24.0 Å². The van der Waals surface area contributed by atoms with Crippen molar-refractivity contribution in [1.29, 1.82) is 0 Å². The van der Waals surface area contributed by atoms with E-state index in [9.17, 15) is 0 Å². The van der Waals surface area contributed by atoms with Gasteiger partial charge < -0.3 is 19.5 Å². The van der Waals surface area contributed by atoms with Crippen LogP contribution in [0.5, 0.6) is 0 Å². The van der Waals surface area contributed by atoms with Gasteiger partial charge in [0.2, 0.25) is 11.7 Å². The average Bonchev–Trinajstić information content (AvgIpc) is 3.21. The van der Waals surface area contributed by atoms with Crippen molar-refractivity contribution >= 4 is 41.5 Å². The summed E-state index contributed by atoms with van der Waals surface area (Å²) in [6, 6.07) is 7.43. The van der Waals surface area contributed by atoms with Crippen molar-refractivity contribution in [3.8, 4) is 11.4 Å². The van der Waals surface area contributed by atoms with E-state index in [0.717, 1.165) is 63.0 Å². The lowest BCUT2D eigenvalue weighted by Crippen LogP contribution is -2.40. The van der Waals surface area contributed by atoms with Crippen LogP contribution in [-0.4, -0.2) is 60.9 Å². The van der Waals surface area contributed by atoms with Crippen molar-refractivity contribution in [2.24, 2.45) is 10.9 Å². The van der Waals surface area contributed by atoms with Gasteiger partial charge in [0, 0.05) is 50.4 Å². The van der Waals surface area contributed by atoms with E-state index in [1.54, 1.807) is 0 Å². The van der Waals surface area contributed by atoms with Crippen LogP contribution in [0, 0.1) is 5.92 Å². The molecule has 2 aromatic rings. The highest BCUT2D eigenvalue weighted by atomic mass is 127. The second-order valence-electron chi connectivity index (χ2n) is 7.27. The lowest BCUT2D eigenvalue weighted by Gasteiger charge is -2.26. The summed E-state index contributed by atoms with van der Waals surface area (Å²) in [5.41, 5.74) is 0.845. The molecule has 0 saturated carbocycles. The summed E-state index contributed by atoms with van der Waals surface area (Å²) in [5, 5.41) is 8.06. The second kappa shape index (κ2) is 13.1. The fraction of sp³-hybridized carbons (Fsp3) is 0.571. The number of nitrogens with one attached hydrogen (secondary N) is 1. The summed E-state index contributed by atoms with van der Waals surface area (Å²) < 4.78 is 10.8. The molecule has 0 unspecified atom stereocenters. The predicted octanol–water partition coefficient (Wildman–Crippen LogP) is 4.26. The molecular formula is C21H31ClIN5O2. The van der Waals surface area contributed by atoms with Gasteiger partial charge in [-0.25, -0.2) is 0 Å². The highest BCUT2D eigenvalue weighted by Gasteiger charge is 2.15. The maximum Gasteiger partial charge on any atom is 0.228 e. The lowest BCUT2D eigenvalue weighted by atomic mass is 9.96. The summed E-state index contributed by atoms with van der Waals surface area (Å²) >= 11 is 6.03. The van der Waals surface area contributed by atoms with Gasteiger partial charge in [-0.05, 0) is 44.2 Å². The monoisotopic (exact) mass is 547 g/mol. The first-order valence-electron chi connectivity index (χ1n) is 10.3. The largest absolute Gasteiger partial charge is 0.381 e. The molecule has 0 spiro atoms. The van der Waals surface area contributed by atoms with Gasteiger partial charge in [-0.2, -0.15) is 4.98 Å². The van der Waals surface area contributed by atoms with Crippen LogP contribution in [0.15, 0.2) is 33.8 Å². The van der Waals surface area contributed by atoms with Crippen molar-refractivity contribution in [2.75, 3.05) is 39.9 Å². The number of hydrogen-bond acceptors (Lipinski definition) is 5. The predicted molar refractivity (Wildman–Crippen MR) is 131 cm³/mol. The van der Waals surface area contributed by atoms with Crippen LogP contribution in [-0.2, 0) is 11.2 Å². The van der Waals surface area contributed by atoms with Crippen LogP contribution >= 0.6 is 35.6 Å². The van der Waals surface area contributed by atoms with E-state index in [4.69, 9.17) is 25.9 Å². The SMILES string of the molecule is CCNC(=NCCc1nc(-c2cccc(Cl)c2)no1)N(C)CCC1CCOCC1.I. The first kappa shape index (κ1) is 24.9. The zero-order valence-corrected chi connectivity index (χ0v) is 20.7. The van der Waals surface area contributed by atoms with Crippen LogP contribution in [0.25, 0.3) is 11.4 Å². The Morgan fingerprint density at radius 3 is 2.87 bits per heavy atom. The number of aliphatic imine (C=N–C) groups is 1. The number of hydrogen-bond donors (Lipinski definition) is 1. The second-order valence-corrected chi connectivity index (χ2v) is 7.71. The number of aromatic nitrogens is 2. The Morgan fingerprint density at radius 1 is 1.33 bits per heavy atom. The van der Waals surface area contributed by atoms with Gasteiger partial charge in [-0.3, -0.25) is 4.99 Å². The first-order valence-corrected chi connectivity index (χ1v) is 10.7. The van der Waals surface area contributed by atoms with Gasteiger partial charge >= 0.3 is 0 Å². The molecule has 1 fully saturated rings. The summed E-state index contributed by atoms with van der Waals surface area (Å²) in [6.07, 6.45) is 4.08. The van der Waals surface area contributed by atoms with Gasteiger partial charge in [-0.1, -0.05) is 28.9 Å². The van der Waals surface area contributed by atoms with E-state index in [1.807, 2.05) is 24.3 Å². The molecule has 1 aliphatic heterocycles. The molecule has 0 amide bonds. The third-order valence-corrected chi connectivity index (χ3v) is 5.28. The number of nitrogens with zero attached hydrogens (tertiary/aromatic N) is 4. The number of rotatable bonds is 8. The van der Waals surface area contributed by atoms with E-state index in [1.165, 1.54) is 0 Å². The molecule has 1 aromatic heterocycles. The molecule has 1 saturated heterocycles. The van der Waals surface area contributed by atoms with Gasteiger partial charge in [0.05, 0.1) is 6.54 Å². The summed E-state index contributed by atoms with van der Waals surface area (Å²) in [6.45, 7) is 6.27. The van der Waals surface area contributed by atoms with Crippen LogP contribution in [0.2, 0.25) is 5.02 Å². The third-order valence-electron chi connectivity index (χ3n) is 5.05. The van der Waals surface area contributed by atoms with Crippen molar-refractivity contribution in [1.82, 2.24) is 20.4 Å². The van der Waals surface area contributed by atoms with Crippen molar-refractivity contribution in [3.05, 3.63) is 35.2 Å². The molecule has 3 rings (SSSR count). The average molecular weight is 548 g/mol. The Labute approximate surface area is 200 Å². The van der Waals surface area contributed by atoms with E-state index in [0.29, 0.717) is 29.7 Å². The maximum atomic E-state index is 6.03. The Morgan fingerprint density at radius 2 is 2.13 bits per heavy atom. The minimum atomic E-state index is 0. The molecule has 0 radical (unpaired) electrons. The molecule has 7 nitrogen and oxygen atoms in total. The Balaban J connectivity index is 0.00000320. The lowest BCUT2D eigenvalue weighted by molar-refractivity contribution is 0.0625. The van der Waals surface area contributed by atoms with Gasteiger partial charge in [0.1, 0.15) is 0 Å². The van der Waals surface area contributed by atoms with Crippen molar-refractivity contribution < 1.29 is 9.26 Å². The quantitative estimate of drug-likeness (QED) is 0.302. The summed E-state index contributed by atoms with van der Waals surface area (Å²) in [5.74, 6) is 2.78. The number of ether oxygens (including phenoxy) is 1. The van der Waals surface area contributed by atoms with Crippen LogP contribution < -0.4 is 5.32 Å². The zero-order chi connectivity index (χ0) is 20.5. The highest BCUT2D eigenvalue weighted by molar-refractivity contribution is 14.0. The maximum absolute atomic E-state index is 6.03. The van der Waals surface area contributed by atoms with Crippen molar-refractivity contribution in [3.63, 3.8) is 0 Å². The Kier molecular flexibility index (Phi) is 10.9. The Bertz CT molecular complexity index is 795. The first-order chi connectivity index (χ1) is 14.2. The highest BCUT2D eigenvalue weighted by Crippen LogP contribution is 2.20. The van der Waals surface area contributed by atoms with Gasteiger partial charge in [0.25, 0.3) is 0 Å². The van der Waals surface area contributed by atoms with E-state index >= 15 is 0 Å². The van der Waals surface area contributed by atoms with E-state index in [2.05, 4.69) is 34.3 Å². The molecular weight excluding hydrogens is 517 g/mol. The smallest absolute Gasteiger partial charge is 0.228 e. The fourth-order valence-corrected chi connectivity index (χ4v) is 3.54. The van der Waals surface area contributed by atoms with Crippen LogP contribution in [0.1, 0.15) is 32.1 Å². The fourth-order valence-electron chi connectivity index (χ4n) is 3.35. The van der Waals surface area contributed by atoms with Gasteiger partial charge in [-0.15, -0.1) is 24.0 Å². The minimum Gasteiger partial charge on any atom is -0.381 e. The molecule has 166 valence electrons. The topological polar surface area (TPSA) is 75.8 Å². The summed E-state index contributed by atoms with van der Waals surface area (Å²) in [4.78, 5) is 11.4. The zero-order valence-electron chi connectivity index (χ0n) is 17.6.